The molecule has 1 amide bonds. The number of H-pyrrole nitrogens is 1. The summed E-state index contributed by atoms with van der Waals surface area (Å²) in [4.78, 5) is 17.4. The first-order chi connectivity index (χ1) is 21.4. The summed E-state index contributed by atoms with van der Waals surface area (Å²) in [5.41, 5.74) is 0.920. The zero-order valence-corrected chi connectivity index (χ0v) is 24.8. The molecule has 0 aliphatic carbocycles. The molecule has 12 nitrogen and oxygen atoms in total. The number of nitrogens with zero attached hydrogens (tertiary/aromatic N) is 3. The minimum atomic E-state index is -4.91. The first kappa shape index (κ1) is 32.0. The molecule has 1 aliphatic heterocycles. The van der Waals surface area contributed by atoms with Gasteiger partial charge in [0, 0.05) is 49.4 Å². The third-order valence-electron chi connectivity index (χ3n) is 7.09. The van der Waals surface area contributed by atoms with Crippen LogP contribution in [0.4, 0.5) is 24.7 Å². The van der Waals surface area contributed by atoms with E-state index >= 15 is 0 Å². The maximum absolute atomic E-state index is 13.2. The summed E-state index contributed by atoms with van der Waals surface area (Å²) >= 11 is 0. The molecule has 4 aromatic rings. The minimum absolute atomic E-state index is 0.125. The van der Waals surface area contributed by atoms with Crippen molar-refractivity contribution in [1.82, 2.24) is 15.1 Å². The SMILES string of the molecule is CN1CCN(c2ccc(C(=O)Nc3n[nH]c4cc(OCCOCc5ccc(C(F)(F)F)cc5)ccc34)c(OS(=O)(=O)O)c2)CC1. The van der Waals surface area contributed by atoms with Crippen LogP contribution in [0.2, 0.25) is 0 Å². The molecular weight excluding hydrogens is 619 g/mol. The molecule has 0 saturated carbocycles. The predicted octanol–water partition coefficient (Wildman–Crippen LogP) is 4.36. The monoisotopic (exact) mass is 649 g/mol. The van der Waals surface area contributed by atoms with E-state index in [4.69, 9.17) is 13.7 Å². The maximum Gasteiger partial charge on any atom is 0.446 e. The molecule has 3 aromatic carbocycles. The standard InChI is InChI=1S/C29H30F3N5O7S/c1-36-10-12-37(13-11-36)21-6-8-24(26(16-21)44-45(39,40)41)28(38)33-27-23-9-7-22(17-25(23)34-35-27)43-15-14-42-18-19-2-4-20(5-3-19)29(30,31)32/h2-9,16-17H,10-15,18H2,1H3,(H,39,40,41)(H2,33,34,35,38). The van der Waals surface area contributed by atoms with Crippen molar-refractivity contribution >= 4 is 38.7 Å². The lowest BCUT2D eigenvalue weighted by Gasteiger charge is -2.34. The number of aromatic nitrogens is 2. The van der Waals surface area contributed by atoms with Crippen molar-refractivity contribution in [3.63, 3.8) is 0 Å². The average molecular weight is 650 g/mol. The molecule has 0 spiro atoms. The van der Waals surface area contributed by atoms with Gasteiger partial charge >= 0.3 is 16.6 Å². The summed E-state index contributed by atoms with van der Waals surface area (Å²) in [7, 11) is -2.91. The number of anilines is 2. The Morgan fingerprint density at radius 2 is 1.76 bits per heavy atom. The van der Waals surface area contributed by atoms with Crippen molar-refractivity contribution in [2.75, 3.05) is 56.7 Å². The van der Waals surface area contributed by atoms with Gasteiger partial charge in [-0.3, -0.25) is 14.4 Å². The molecule has 1 aliphatic rings. The van der Waals surface area contributed by atoms with Crippen LogP contribution in [-0.2, 0) is 27.9 Å². The average Bonchev–Trinajstić information content (AvgIpc) is 3.38. The first-order valence-electron chi connectivity index (χ1n) is 13.8. The third kappa shape index (κ3) is 8.42. The molecule has 0 bridgehead atoms. The van der Waals surface area contributed by atoms with Crippen LogP contribution in [-0.4, -0.2) is 80.4 Å². The summed E-state index contributed by atoms with van der Waals surface area (Å²) < 4.78 is 86.5. The van der Waals surface area contributed by atoms with E-state index in [1.165, 1.54) is 24.3 Å². The van der Waals surface area contributed by atoms with Crippen LogP contribution in [0.25, 0.3) is 10.9 Å². The Morgan fingerprint density at radius 3 is 2.44 bits per heavy atom. The Morgan fingerprint density at radius 1 is 1.02 bits per heavy atom. The van der Waals surface area contributed by atoms with Gasteiger partial charge in [-0.15, -0.1) is 0 Å². The molecule has 1 aromatic heterocycles. The Labute approximate surface area is 256 Å². The molecule has 3 N–H and O–H groups in total. The van der Waals surface area contributed by atoms with E-state index in [9.17, 15) is 30.9 Å². The summed E-state index contributed by atoms with van der Waals surface area (Å²) in [6, 6.07) is 14.2. The number of halogens is 3. The normalized spacial score (nSPS) is 14.5. The molecule has 45 heavy (non-hydrogen) atoms. The van der Waals surface area contributed by atoms with Crippen LogP contribution in [0.5, 0.6) is 11.5 Å². The number of ether oxygens (including phenoxy) is 2. The van der Waals surface area contributed by atoms with Crippen molar-refractivity contribution < 1.29 is 44.6 Å². The molecule has 2 heterocycles. The molecule has 240 valence electrons. The lowest BCUT2D eigenvalue weighted by Crippen LogP contribution is -2.44. The van der Waals surface area contributed by atoms with Crippen molar-refractivity contribution in [2.24, 2.45) is 0 Å². The Bertz CT molecular complexity index is 1760. The van der Waals surface area contributed by atoms with Gasteiger partial charge in [0.1, 0.15) is 12.4 Å². The lowest BCUT2D eigenvalue weighted by atomic mass is 10.1. The van der Waals surface area contributed by atoms with Crippen molar-refractivity contribution in [1.29, 1.82) is 0 Å². The van der Waals surface area contributed by atoms with Gasteiger partial charge in [-0.25, -0.2) is 0 Å². The zero-order chi connectivity index (χ0) is 32.2. The van der Waals surface area contributed by atoms with Crippen molar-refractivity contribution in [3.05, 3.63) is 77.4 Å². The number of hydrogen-bond acceptors (Lipinski definition) is 9. The highest BCUT2D eigenvalue weighted by Gasteiger charge is 2.30. The first-order valence-corrected chi connectivity index (χ1v) is 15.1. The predicted molar refractivity (Wildman–Crippen MR) is 159 cm³/mol. The molecule has 16 heteroatoms. The van der Waals surface area contributed by atoms with E-state index in [-0.39, 0.29) is 37.0 Å². The number of carbonyl (C=O) groups excluding carboxylic acids is 1. The van der Waals surface area contributed by atoms with Crippen molar-refractivity contribution in [2.45, 2.75) is 12.8 Å². The highest BCUT2D eigenvalue weighted by Crippen LogP contribution is 2.31. The third-order valence-corrected chi connectivity index (χ3v) is 7.48. The Hall–Kier alpha value is -4.38. The van der Waals surface area contributed by atoms with Gasteiger partial charge < -0.3 is 28.8 Å². The number of alkyl halides is 3. The van der Waals surface area contributed by atoms with Gasteiger partial charge in [0.15, 0.2) is 11.6 Å². The Kier molecular flexibility index (Phi) is 9.48. The van der Waals surface area contributed by atoms with E-state index in [2.05, 4.69) is 20.4 Å². The van der Waals surface area contributed by atoms with E-state index in [0.717, 1.165) is 25.2 Å². The molecule has 0 radical (unpaired) electrons. The van der Waals surface area contributed by atoms with Gasteiger partial charge in [-0.05, 0) is 49.0 Å². The number of amides is 1. The zero-order valence-electron chi connectivity index (χ0n) is 24.0. The second kappa shape index (κ2) is 13.3. The molecule has 0 unspecified atom stereocenters. The number of hydrogen-bond donors (Lipinski definition) is 3. The second-order valence-corrected chi connectivity index (χ2v) is 11.3. The molecular formula is C29H30F3N5O7S. The lowest BCUT2D eigenvalue weighted by molar-refractivity contribution is -0.137. The van der Waals surface area contributed by atoms with Crippen LogP contribution in [0.3, 0.4) is 0 Å². The van der Waals surface area contributed by atoms with Gasteiger partial charge in [-0.2, -0.15) is 26.7 Å². The maximum atomic E-state index is 13.2. The van der Waals surface area contributed by atoms with E-state index in [0.29, 0.717) is 41.0 Å². The fraction of sp³-hybridized carbons (Fsp3) is 0.310. The molecule has 1 fully saturated rings. The highest BCUT2D eigenvalue weighted by molar-refractivity contribution is 7.81. The number of benzene rings is 3. The largest absolute Gasteiger partial charge is 0.491 e. The summed E-state index contributed by atoms with van der Waals surface area (Å²) in [5.74, 6) is -0.395. The molecule has 1 saturated heterocycles. The Balaban J connectivity index is 1.19. The number of carbonyl (C=O) groups is 1. The number of aromatic amines is 1. The highest BCUT2D eigenvalue weighted by atomic mass is 32.3. The van der Waals surface area contributed by atoms with Crippen molar-refractivity contribution in [3.8, 4) is 11.5 Å². The minimum Gasteiger partial charge on any atom is -0.491 e. The smallest absolute Gasteiger partial charge is 0.446 e. The van der Waals surface area contributed by atoms with E-state index < -0.39 is 28.0 Å². The second-order valence-electron chi connectivity index (χ2n) is 10.3. The fourth-order valence-corrected chi connectivity index (χ4v) is 5.06. The molecule has 0 atom stereocenters. The van der Waals surface area contributed by atoms with Gasteiger partial charge in [0.25, 0.3) is 5.91 Å². The number of nitrogens with one attached hydrogen (secondary N) is 2. The fourth-order valence-electron chi connectivity index (χ4n) is 4.70. The van der Waals surface area contributed by atoms with E-state index in [1.54, 1.807) is 24.3 Å². The summed E-state index contributed by atoms with van der Waals surface area (Å²) in [5, 5.41) is 10.1. The summed E-state index contributed by atoms with van der Waals surface area (Å²) in [6.07, 6.45) is -4.39. The van der Waals surface area contributed by atoms with E-state index in [1.807, 2.05) is 11.9 Å². The number of rotatable bonds is 11. The van der Waals surface area contributed by atoms with Gasteiger partial charge in [-0.1, -0.05) is 12.1 Å². The van der Waals surface area contributed by atoms with Crippen LogP contribution in [0, 0.1) is 0 Å². The summed E-state index contributed by atoms with van der Waals surface area (Å²) in [6.45, 7) is 3.46. The van der Waals surface area contributed by atoms with Crippen LogP contribution >= 0.6 is 0 Å². The number of likely N-dealkylation sites (N-methyl/N-ethyl adjacent to an activating group) is 1. The number of fused-ring (bicyclic) bond motifs is 1. The van der Waals surface area contributed by atoms with Gasteiger partial charge in [0.2, 0.25) is 0 Å². The van der Waals surface area contributed by atoms with Gasteiger partial charge in [0.05, 0.1) is 29.9 Å². The quantitative estimate of drug-likeness (QED) is 0.158. The van der Waals surface area contributed by atoms with Crippen LogP contribution < -0.4 is 19.1 Å². The van der Waals surface area contributed by atoms with Crippen LogP contribution in [0.1, 0.15) is 21.5 Å². The van der Waals surface area contributed by atoms with Crippen LogP contribution in [0.15, 0.2) is 60.7 Å². The number of piperazine rings is 1. The topological polar surface area (TPSA) is 146 Å². The molecule has 5 rings (SSSR count).